The predicted molar refractivity (Wildman–Crippen MR) is 82.0 cm³/mol. The van der Waals surface area contributed by atoms with E-state index in [1.807, 2.05) is 0 Å². The summed E-state index contributed by atoms with van der Waals surface area (Å²) in [5.41, 5.74) is 0.176. The molecular weight excluding hydrogens is 345 g/mol. The van der Waals surface area contributed by atoms with Crippen LogP contribution in [-0.4, -0.2) is 56.9 Å². The van der Waals surface area contributed by atoms with Crippen molar-refractivity contribution in [2.45, 2.75) is 23.9 Å². The van der Waals surface area contributed by atoms with E-state index in [4.69, 9.17) is 0 Å². The molecule has 1 aliphatic heterocycles. The van der Waals surface area contributed by atoms with Gasteiger partial charge in [0.15, 0.2) is 0 Å². The second kappa shape index (κ2) is 6.72. The number of carbonyl (C=O) groups is 1. The Balaban J connectivity index is 2.16. The molecule has 1 unspecified atom stereocenters. The van der Waals surface area contributed by atoms with Crippen molar-refractivity contribution in [3.8, 4) is 0 Å². The van der Waals surface area contributed by atoms with E-state index in [1.165, 1.54) is 43.3 Å². The fourth-order valence-electron chi connectivity index (χ4n) is 2.59. The lowest BCUT2D eigenvalue weighted by molar-refractivity contribution is -0.184. The number of hydrogen-bond donors (Lipinski definition) is 0. The molecule has 1 heterocycles. The van der Waals surface area contributed by atoms with Crippen LogP contribution >= 0.6 is 0 Å². The standard InChI is InChI=1S/C15H19F3N2O3S/c1-19(2)24(22,23)13-7-5-11(6-8-13)14(21)20-9-3-4-12(10-20)15(16,17)18/h5-8,12H,3-4,9-10H2,1-2H3. The Morgan fingerprint density at radius 1 is 1.21 bits per heavy atom. The first-order valence-corrected chi connectivity index (χ1v) is 8.86. The first-order chi connectivity index (χ1) is 11.0. The van der Waals surface area contributed by atoms with Crippen LogP contribution in [0.4, 0.5) is 13.2 Å². The molecule has 9 heteroatoms. The number of sulfonamides is 1. The molecule has 0 aromatic heterocycles. The normalized spacial score (nSPS) is 19.6. The van der Waals surface area contributed by atoms with Crippen molar-refractivity contribution in [1.29, 1.82) is 0 Å². The molecule has 1 saturated heterocycles. The number of alkyl halides is 3. The monoisotopic (exact) mass is 364 g/mol. The lowest BCUT2D eigenvalue weighted by Crippen LogP contribution is -2.44. The van der Waals surface area contributed by atoms with Gasteiger partial charge in [0, 0.05) is 32.7 Å². The maximum Gasteiger partial charge on any atom is 0.393 e. The average Bonchev–Trinajstić information content (AvgIpc) is 2.53. The van der Waals surface area contributed by atoms with Gasteiger partial charge in [0.05, 0.1) is 10.8 Å². The summed E-state index contributed by atoms with van der Waals surface area (Å²) in [5.74, 6) is -2.03. The summed E-state index contributed by atoms with van der Waals surface area (Å²) in [6.45, 7) is -0.0940. The van der Waals surface area contributed by atoms with E-state index in [0.29, 0.717) is 6.42 Å². The minimum Gasteiger partial charge on any atom is -0.338 e. The van der Waals surface area contributed by atoms with E-state index < -0.39 is 28.0 Å². The van der Waals surface area contributed by atoms with Gasteiger partial charge in [-0.3, -0.25) is 4.79 Å². The third-order valence-electron chi connectivity index (χ3n) is 4.05. The van der Waals surface area contributed by atoms with Crippen LogP contribution in [0.3, 0.4) is 0 Å². The number of nitrogens with zero attached hydrogens (tertiary/aromatic N) is 2. The van der Waals surface area contributed by atoms with Crippen LogP contribution < -0.4 is 0 Å². The van der Waals surface area contributed by atoms with Crippen LogP contribution in [0.5, 0.6) is 0 Å². The fourth-order valence-corrected chi connectivity index (χ4v) is 3.49. The van der Waals surface area contributed by atoms with Gasteiger partial charge in [-0.1, -0.05) is 0 Å². The largest absolute Gasteiger partial charge is 0.393 e. The third kappa shape index (κ3) is 3.89. The van der Waals surface area contributed by atoms with E-state index in [-0.39, 0.29) is 30.0 Å². The van der Waals surface area contributed by atoms with E-state index in [9.17, 15) is 26.4 Å². The number of likely N-dealkylation sites (tertiary alicyclic amines) is 1. The van der Waals surface area contributed by atoms with Gasteiger partial charge in [0.2, 0.25) is 10.0 Å². The molecule has 0 saturated carbocycles. The number of piperidine rings is 1. The van der Waals surface area contributed by atoms with E-state index in [0.717, 1.165) is 4.31 Å². The van der Waals surface area contributed by atoms with Gasteiger partial charge in [0.1, 0.15) is 0 Å². The zero-order chi connectivity index (χ0) is 18.1. The molecule has 24 heavy (non-hydrogen) atoms. The van der Waals surface area contributed by atoms with Gasteiger partial charge in [-0.15, -0.1) is 0 Å². The summed E-state index contributed by atoms with van der Waals surface area (Å²) < 4.78 is 63.5. The molecule has 0 bridgehead atoms. The highest BCUT2D eigenvalue weighted by Crippen LogP contribution is 2.33. The zero-order valence-electron chi connectivity index (χ0n) is 13.4. The van der Waals surface area contributed by atoms with Gasteiger partial charge in [0.25, 0.3) is 5.91 Å². The lowest BCUT2D eigenvalue weighted by Gasteiger charge is -2.33. The van der Waals surface area contributed by atoms with Crippen molar-refractivity contribution in [2.75, 3.05) is 27.2 Å². The van der Waals surface area contributed by atoms with Gasteiger partial charge < -0.3 is 4.90 Å². The predicted octanol–water partition coefficient (Wildman–Crippen LogP) is 2.35. The zero-order valence-corrected chi connectivity index (χ0v) is 14.2. The molecule has 0 N–H and O–H groups in total. The van der Waals surface area contributed by atoms with Crippen LogP contribution in [-0.2, 0) is 10.0 Å². The number of amides is 1. The molecule has 0 aliphatic carbocycles. The van der Waals surface area contributed by atoms with E-state index in [2.05, 4.69) is 0 Å². The van der Waals surface area contributed by atoms with Crippen molar-refractivity contribution >= 4 is 15.9 Å². The summed E-state index contributed by atoms with van der Waals surface area (Å²) in [7, 11) is -0.836. The van der Waals surface area contributed by atoms with Crippen LogP contribution in [0.2, 0.25) is 0 Å². The van der Waals surface area contributed by atoms with Gasteiger partial charge in [-0.25, -0.2) is 12.7 Å². The highest BCUT2D eigenvalue weighted by atomic mass is 32.2. The summed E-state index contributed by atoms with van der Waals surface area (Å²) in [6, 6.07) is 5.23. The van der Waals surface area contributed by atoms with Gasteiger partial charge in [-0.2, -0.15) is 13.2 Å². The van der Waals surface area contributed by atoms with E-state index >= 15 is 0 Å². The molecule has 2 rings (SSSR count). The number of benzene rings is 1. The second-order valence-electron chi connectivity index (χ2n) is 5.94. The molecule has 1 aromatic carbocycles. The summed E-state index contributed by atoms with van der Waals surface area (Å²) >= 11 is 0. The summed E-state index contributed by atoms with van der Waals surface area (Å²) in [6.07, 6.45) is -4.00. The molecule has 1 fully saturated rings. The highest BCUT2D eigenvalue weighted by molar-refractivity contribution is 7.89. The van der Waals surface area contributed by atoms with Crippen molar-refractivity contribution in [3.63, 3.8) is 0 Å². The number of hydrogen-bond acceptors (Lipinski definition) is 3. The SMILES string of the molecule is CN(C)S(=O)(=O)c1ccc(C(=O)N2CCCC(C(F)(F)F)C2)cc1. The molecule has 134 valence electrons. The van der Waals surface area contributed by atoms with Crippen LogP contribution in [0.25, 0.3) is 0 Å². The summed E-state index contributed by atoms with van der Waals surface area (Å²) in [4.78, 5) is 13.6. The smallest absolute Gasteiger partial charge is 0.338 e. The number of rotatable bonds is 3. The molecule has 5 nitrogen and oxygen atoms in total. The Kier molecular flexibility index (Phi) is 5.24. The Hall–Kier alpha value is -1.61. The first kappa shape index (κ1) is 18.7. The lowest BCUT2D eigenvalue weighted by atomic mass is 9.97. The fraction of sp³-hybridized carbons (Fsp3) is 0.533. The van der Waals surface area contributed by atoms with Gasteiger partial charge in [-0.05, 0) is 37.1 Å². The Bertz CT molecular complexity index is 700. The Morgan fingerprint density at radius 2 is 1.79 bits per heavy atom. The van der Waals surface area contributed by atoms with Crippen LogP contribution in [0, 0.1) is 5.92 Å². The maximum absolute atomic E-state index is 12.8. The maximum atomic E-state index is 12.8. The molecule has 0 spiro atoms. The number of halogens is 3. The highest BCUT2D eigenvalue weighted by Gasteiger charge is 2.42. The van der Waals surface area contributed by atoms with Crippen LogP contribution in [0.15, 0.2) is 29.2 Å². The number of carbonyl (C=O) groups excluding carboxylic acids is 1. The quantitative estimate of drug-likeness (QED) is 0.827. The minimum atomic E-state index is -4.32. The van der Waals surface area contributed by atoms with Crippen molar-refractivity contribution < 1.29 is 26.4 Å². The Labute approximate surface area is 139 Å². The average molecular weight is 364 g/mol. The third-order valence-corrected chi connectivity index (χ3v) is 5.88. The molecule has 0 radical (unpaired) electrons. The van der Waals surface area contributed by atoms with Crippen LogP contribution in [0.1, 0.15) is 23.2 Å². The summed E-state index contributed by atoms with van der Waals surface area (Å²) in [5, 5.41) is 0. The topological polar surface area (TPSA) is 57.7 Å². The van der Waals surface area contributed by atoms with Gasteiger partial charge >= 0.3 is 6.18 Å². The molecule has 1 aromatic rings. The molecule has 1 amide bonds. The van der Waals surface area contributed by atoms with Crippen molar-refractivity contribution in [3.05, 3.63) is 29.8 Å². The minimum absolute atomic E-state index is 0.0211. The molecule has 1 aliphatic rings. The first-order valence-electron chi connectivity index (χ1n) is 7.42. The van der Waals surface area contributed by atoms with Crippen molar-refractivity contribution in [1.82, 2.24) is 9.21 Å². The van der Waals surface area contributed by atoms with Crippen molar-refractivity contribution in [2.24, 2.45) is 5.92 Å². The Morgan fingerprint density at radius 3 is 2.29 bits per heavy atom. The van der Waals surface area contributed by atoms with E-state index in [1.54, 1.807) is 0 Å². The second-order valence-corrected chi connectivity index (χ2v) is 8.10. The molecule has 1 atom stereocenters. The molecular formula is C15H19F3N2O3S.